The summed E-state index contributed by atoms with van der Waals surface area (Å²) in [5.41, 5.74) is 4.10. The summed E-state index contributed by atoms with van der Waals surface area (Å²) >= 11 is 0. The number of carbonyl (C=O) groups is 1. The molecule has 0 amide bonds. The summed E-state index contributed by atoms with van der Waals surface area (Å²) in [6.07, 6.45) is 1.37. The Morgan fingerprint density at radius 2 is 1.93 bits per heavy atom. The smallest absolute Gasteiger partial charge is 0.459 e. The van der Waals surface area contributed by atoms with Crippen LogP contribution < -0.4 is 15.3 Å². The largest absolute Gasteiger partial charge is 0.464 e. The number of fused-ring (bicyclic) bond motifs is 1. The first-order valence-electron chi connectivity index (χ1n) is 14.9. The van der Waals surface area contributed by atoms with E-state index in [-0.39, 0.29) is 35.7 Å². The van der Waals surface area contributed by atoms with Crippen molar-refractivity contribution in [2.24, 2.45) is 11.8 Å². The number of esters is 1. The molecule has 0 radical (unpaired) electrons. The van der Waals surface area contributed by atoms with Crippen LogP contribution in [0.2, 0.25) is 0 Å². The molecule has 45 heavy (non-hydrogen) atoms. The zero-order chi connectivity index (χ0) is 32.6. The highest BCUT2D eigenvalue weighted by Gasteiger charge is 2.48. The van der Waals surface area contributed by atoms with Crippen LogP contribution >= 0.6 is 7.75 Å². The average Bonchev–Trinajstić information content (AvgIpc) is 3.76. The predicted octanol–water partition coefficient (Wildman–Crippen LogP) is 3.56. The lowest BCUT2D eigenvalue weighted by atomic mass is 9.93. The van der Waals surface area contributed by atoms with E-state index in [4.69, 9.17) is 24.3 Å². The van der Waals surface area contributed by atoms with Crippen LogP contribution in [0, 0.1) is 23.2 Å². The Hall–Kier alpha value is -3.57. The summed E-state index contributed by atoms with van der Waals surface area (Å²) < 4.78 is 38.2. The number of anilines is 1. The number of nitrogens with zero attached hydrogens (tertiary/aromatic N) is 4. The molecule has 0 saturated heterocycles. The number of carbonyl (C=O) groups excluding carboxylic acids is 1. The third kappa shape index (κ3) is 8.38. The van der Waals surface area contributed by atoms with Gasteiger partial charge in [-0.1, -0.05) is 57.7 Å². The molecule has 1 aromatic carbocycles. The van der Waals surface area contributed by atoms with Gasteiger partial charge in [0.05, 0.1) is 12.3 Å². The van der Waals surface area contributed by atoms with Crippen LogP contribution in [0.15, 0.2) is 48.8 Å². The summed E-state index contributed by atoms with van der Waals surface area (Å²) in [5.74, 6) is 0.137. The lowest BCUT2D eigenvalue weighted by Crippen LogP contribution is -2.50. The first-order chi connectivity index (χ1) is 21.6. The third-order valence-corrected chi connectivity index (χ3v) is 9.59. The SMILES string of the molecule is CCC(CC)COC(=O)[C@H](CC1CC1)NP(=O)(OC[C@@](C#N)(OC)[C@@H](O)[C@@H](O)c1ccc2c(N)ncnn12)Oc1ccccc1. The molecule has 5 atom stereocenters. The fourth-order valence-electron chi connectivity index (χ4n) is 4.82. The molecule has 0 aliphatic heterocycles. The van der Waals surface area contributed by atoms with Gasteiger partial charge >= 0.3 is 13.7 Å². The van der Waals surface area contributed by atoms with Crippen molar-refractivity contribution in [3.05, 3.63) is 54.5 Å². The van der Waals surface area contributed by atoms with Gasteiger partial charge in [-0.2, -0.15) is 15.4 Å². The minimum absolute atomic E-state index is 0.0924. The van der Waals surface area contributed by atoms with Gasteiger partial charge in [0, 0.05) is 7.11 Å². The molecule has 1 aliphatic carbocycles. The van der Waals surface area contributed by atoms with E-state index in [2.05, 4.69) is 15.2 Å². The summed E-state index contributed by atoms with van der Waals surface area (Å²) in [6, 6.07) is 12.0. The Balaban J connectivity index is 1.59. The number of aliphatic hydroxyl groups is 2. The second-order valence-corrected chi connectivity index (χ2v) is 12.8. The van der Waals surface area contributed by atoms with Crippen LogP contribution in [-0.4, -0.2) is 68.9 Å². The number of aromatic nitrogens is 3. The summed E-state index contributed by atoms with van der Waals surface area (Å²) in [5, 5.41) is 39.5. The molecule has 1 fully saturated rings. The topological polar surface area (TPSA) is 204 Å². The van der Waals surface area contributed by atoms with Crippen LogP contribution in [-0.2, 0) is 23.4 Å². The first-order valence-corrected chi connectivity index (χ1v) is 16.5. The standard InChI is InChI=1S/C30H41N6O8P/c1-4-20(5-2)16-42-29(39)23(15-21-11-12-21)35-45(40,44-22-9-7-6-8-10-22)43-18-30(17-31,41-3)27(38)26(37)24-13-14-25-28(32)33-19-34-36(24)25/h6-10,13-14,19-21,23,26-27,37-38H,4-5,11-12,15-16,18H2,1-3H3,(H,35,40)(H2,32,33,34)/t23-,26-,27-,30+,45?/m0/s1. The van der Waals surface area contributed by atoms with Gasteiger partial charge in [0.1, 0.15) is 48.5 Å². The molecule has 0 bridgehead atoms. The molecule has 1 unspecified atom stereocenters. The van der Waals surface area contributed by atoms with Gasteiger partial charge in [-0.3, -0.25) is 9.32 Å². The number of nitriles is 1. The molecule has 244 valence electrons. The van der Waals surface area contributed by atoms with Crippen molar-refractivity contribution < 1.29 is 38.1 Å². The third-order valence-electron chi connectivity index (χ3n) is 8.04. The number of nitrogens with one attached hydrogen (secondary N) is 1. The van der Waals surface area contributed by atoms with Gasteiger partial charge in [0.15, 0.2) is 5.82 Å². The second kappa shape index (κ2) is 15.1. The first kappa shape index (κ1) is 34.3. The molecule has 1 saturated carbocycles. The highest BCUT2D eigenvalue weighted by molar-refractivity contribution is 7.52. The van der Waals surface area contributed by atoms with Gasteiger partial charge in [-0.05, 0) is 42.5 Å². The molecule has 5 N–H and O–H groups in total. The van der Waals surface area contributed by atoms with E-state index in [9.17, 15) is 24.8 Å². The maximum absolute atomic E-state index is 14.4. The molecule has 0 spiro atoms. The average molecular weight is 645 g/mol. The van der Waals surface area contributed by atoms with Crippen LogP contribution in [0.5, 0.6) is 5.75 Å². The molecule has 4 rings (SSSR count). The molecule has 3 aromatic rings. The minimum Gasteiger partial charge on any atom is -0.464 e. The van der Waals surface area contributed by atoms with E-state index in [1.807, 2.05) is 19.9 Å². The Labute approximate surface area is 262 Å². The molecule has 14 nitrogen and oxygen atoms in total. The number of nitrogen functional groups attached to an aromatic ring is 1. The molecular formula is C30H41N6O8P. The Morgan fingerprint density at radius 1 is 1.22 bits per heavy atom. The van der Waals surface area contributed by atoms with Crippen LogP contribution in [0.1, 0.15) is 57.7 Å². The number of rotatable bonds is 18. The number of para-hydroxylation sites is 1. The Kier molecular flexibility index (Phi) is 11.5. The van der Waals surface area contributed by atoms with Crippen molar-refractivity contribution in [1.29, 1.82) is 5.26 Å². The predicted molar refractivity (Wildman–Crippen MR) is 164 cm³/mol. The van der Waals surface area contributed by atoms with Crippen LogP contribution in [0.4, 0.5) is 5.82 Å². The molecule has 1 aliphatic rings. The molecular weight excluding hydrogens is 603 g/mol. The fourth-order valence-corrected chi connectivity index (χ4v) is 6.35. The van der Waals surface area contributed by atoms with Crippen LogP contribution in [0.25, 0.3) is 5.52 Å². The fraction of sp³-hybridized carbons (Fsp3) is 0.533. The number of methoxy groups -OCH3 is 1. The van der Waals surface area contributed by atoms with Gasteiger partial charge in [0.2, 0.25) is 5.60 Å². The van der Waals surface area contributed by atoms with Crippen molar-refractivity contribution in [2.45, 2.75) is 69.8 Å². The lowest BCUT2D eigenvalue weighted by Gasteiger charge is -2.34. The highest BCUT2D eigenvalue weighted by Crippen LogP contribution is 2.47. The zero-order valence-electron chi connectivity index (χ0n) is 25.6. The second-order valence-electron chi connectivity index (χ2n) is 11.1. The molecule has 2 heterocycles. The normalized spacial score (nSPS) is 18.0. The van der Waals surface area contributed by atoms with E-state index in [0.29, 0.717) is 11.9 Å². The van der Waals surface area contributed by atoms with Crippen molar-refractivity contribution in [2.75, 3.05) is 26.1 Å². The zero-order valence-corrected chi connectivity index (χ0v) is 26.5. The molecule has 2 aromatic heterocycles. The summed E-state index contributed by atoms with van der Waals surface area (Å²) in [7, 11) is -3.32. The number of nitrogens with two attached hydrogens (primary N) is 1. The van der Waals surface area contributed by atoms with Crippen molar-refractivity contribution >= 4 is 25.1 Å². The Morgan fingerprint density at radius 3 is 2.56 bits per heavy atom. The van der Waals surface area contributed by atoms with Crippen molar-refractivity contribution in [3.8, 4) is 11.8 Å². The quantitative estimate of drug-likeness (QED) is 0.116. The monoisotopic (exact) mass is 644 g/mol. The van der Waals surface area contributed by atoms with Gasteiger partial charge in [-0.25, -0.2) is 14.1 Å². The van der Waals surface area contributed by atoms with Gasteiger partial charge < -0.3 is 29.9 Å². The van der Waals surface area contributed by atoms with E-state index in [1.54, 1.807) is 36.4 Å². The van der Waals surface area contributed by atoms with E-state index < -0.39 is 44.2 Å². The minimum atomic E-state index is -4.46. The highest BCUT2D eigenvalue weighted by atomic mass is 31.2. The molecule has 15 heteroatoms. The van der Waals surface area contributed by atoms with E-state index in [0.717, 1.165) is 32.8 Å². The Bertz CT molecular complexity index is 1510. The summed E-state index contributed by atoms with van der Waals surface area (Å²) in [6.45, 7) is 3.43. The number of ether oxygens (including phenoxy) is 2. The number of hydrogen-bond donors (Lipinski definition) is 4. The number of aliphatic hydroxyl groups excluding tert-OH is 2. The lowest BCUT2D eigenvalue weighted by molar-refractivity contribution is -0.147. The van der Waals surface area contributed by atoms with Crippen LogP contribution in [0.3, 0.4) is 0 Å². The van der Waals surface area contributed by atoms with Crippen molar-refractivity contribution in [1.82, 2.24) is 19.7 Å². The summed E-state index contributed by atoms with van der Waals surface area (Å²) in [4.78, 5) is 17.2. The van der Waals surface area contributed by atoms with E-state index >= 15 is 0 Å². The maximum Gasteiger partial charge on any atom is 0.459 e. The number of hydrogen-bond acceptors (Lipinski definition) is 12. The van der Waals surface area contributed by atoms with Gasteiger partial charge in [-0.15, -0.1) is 0 Å². The van der Waals surface area contributed by atoms with Crippen molar-refractivity contribution in [3.63, 3.8) is 0 Å². The number of benzene rings is 1. The maximum atomic E-state index is 14.4. The van der Waals surface area contributed by atoms with E-state index in [1.165, 1.54) is 16.9 Å². The van der Waals surface area contributed by atoms with Gasteiger partial charge in [0.25, 0.3) is 0 Å².